The van der Waals surface area contributed by atoms with Crippen LogP contribution in [0.1, 0.15) is 0 Å². The van der Waals surface area contributed by atoms with E-state index in [1.165, 1.54) is 0 Å². The Balaban J connectivity index is 2.61. The molecule has 78 valence electrons. The summed E-state index contributed by atoms with van der Waals surface area (Å²) in [6.45, 7) is 0. The number of nitrogens with two attached hydrogens (primary N) is 1. The zero-order chi connectivity index (χ0) is 10.9. The first kappa shape index (κ1) is 9.88. The van der Waals surface area contributed by atoms with Gasteiger partial charge in [0.15, 0.2) is 0 Å². The molecular formula is C9H9N3O2S. The summed E-state index contributed by atoms with van der Waals surface area (Å²) < 4.78 is 24.0. The lowest BCUT2D eigenvalue weighted by molar-refractivity contribution is 0.603. The summed E-state index contributed by atoms with van der Waals surface area (Å²) in [4.78, 5) is 4.10. The van der Waals surface area contributed by atoms with Gasteiger partial charge in [0.25, 0.3) is 10.2 Å². The van der Waals surface area contributed by atoms with Crippen molar-refractivity contribution in [1.82, 2.24) is 4.98 Å². The van der Waals surface area contributed by atoms with Gasteiger partial charge in [0, 0.05) is 11.6 Å². The molecule has 6 heteroatoms. The van der Waals surface area contributed by atoms with Gasteiger partial charge >= 0.3 is 0 Å². The molecule has 3 N–H and O–H groups in total. The lowest BCUT2D eigenvalue weighted by Gasteiger charge is -2.06. The molecule has 0 radical (unpaired) electrons. The Morgan fingerprint density at radius 3 is 2.73 bits per heavy atom. The first-order valence-electron chi connectivity index (χ1n) is 4.20. The Labute approximate surface area is 87.1 Å². The fraction of sp³-hybridized carbons (Fsp3) is 0. The minimum absolute atomic E-state index is 0.433. The predicted molar refractivity (Wildman–Crippen MR) is 58.5 cm³/mol. The van der Waals surface area contributed by atoms with Gasteiger partial charge in [-0.2, -0.15) is 8.42 Å². The second kappa shape index (κ2) is 3.48. The molecule has 2 aromatic rings. The van der Waals surface area contributed by atoms with Crippen LogP contribution >= 0.6 is 0 Å². The summed E-state index contributed by atoms with van der Waals surface area (Å²) in [5.74, 6) is 0. The third kappa shape index (κ3) is 2.23. The van der Waals surface area contributed by atoms with Crippen molar-refractivity contribution in [1.29, 1.82) is 0 Å². The predicted octanol–water partition coefficient (Wildman–Crippen LogP) is 0.850. The van der Waals surface area contributed by atoms with Crippen LogP contribution in [0.15, 0.2) is 36.5 Å². The number of anilines is 1. The van der Waals surface area contributed by atoms with Crippen molar-refractivity contribution in [3.63, 3.8) is 0 Å². The van der Waals surface area contributed by atoms with Gasteiger partial charge in [0.2, 0.25) is 0 Å². The molecule has 0 unspecified atom stereocenters. The number of pyridine rings is 1. The van der Waals surface area contributed by atoms with E-state index in [2.05, 4.69) is 9.71 Å². The maximum Gasteiger partial charge on any atom is 0.296 e. The van der Waals surface area contributed by atoms with Crippen LogP contribution in [0.5, 0.6) is 0 Å². The molecule has 0 saturated heterocycles. The van der Waals surface area contributed by atoms with E-state index < -0.39 is 10.2 Å². The van der Waals surface area contributed by atoms with Crippen molar-refractivity contribution in [3.05, 3.63) is 36.5 Å². The first-order valence-corrected chi connectivity index (χ1v) is 5.75. The molecule has 0 saturated carbocycles. The fourth-order valence-electron chi connectivity index (χ4n) is 1.35. The summed E-state index contributed by atoms with van der Waals surface area (Å²) in [6, 6.07) is 8.65. The van der Waals surface area contributed by atoms with Crippen LogP contribution in [0, 0.1) is 0 Å². The standard InChI is InChI=1S/C9H9N3O2S/c10-15(13,14)12-9-5-1-4-8-7(9)3-2-6-11-8/h1-6,12H,(H2,10,13,14). The molecule has 1 aromatic carbocycles. The van der Waals surface area contributed by atoms with Crippen molar-refractivity contribution in [2.75, 3.05) is 4.72 Å². The fourth-order valence-corrected chi connectivity index (χ4v) is 1.83. The molecule has 0 aliphatic heterocycles. The highest BCUT2D eigenvalue weighted by atomic mass is 32.2. The van der Waals surface area contributed by atoms with Crippen LogP contribution in [0.4, 0.5) is 5.69 Å². The zero-order valence-electron chi connectivity index (χ0n) is 7.71. The summed E-state index contributed by atoms with van der Waals surface area (Å²) >= 11 is 0. The van der Waals surface area contributed by atoms with Crippen LogP contribution < -0.4 is 9.86 Å². The van der Waals surface area contributed by atoms with E-state index in [1.54, 1.807) is 36.5 Å². The van der Waals surface area contributed by atoms with Gasteiger partial charge in [0.05, 0.1) is 11.2 Å². The monoisotopic (exact) mass is 223 g/mol. The van der Waals surface area contributed by atoms with E-state index in [9.17, 15) is 8.42 Å². The Kier molecular flexibility index (Phi) is 2.29. The molecular weight excluding hydrogens is 214 g/mol. The molecule has 0 aliphatic carbocycles. The third-order valence-corrected chi connectivity index (χ3v) is 2.40. The highest BCUT2D eigenvalue weighted by Crippen LogP contribution is 2.21. The molecule has 0 spiro atoms. The van der Waals surface area contributed by atoms with Crippen molar-refractivity contribution < 1.29 is 8.42 Å². The van der Waals surface area contributed by atoms with E-state index in [4.69, 9.17) is 5.14 Å². The third-order valence-electron chi connectivity index (χ3n) is 1.90. The smallest absolute Gasteiger partial charge is 0.271 e. The summed E-state index contributed by atoms with van der Waals surface area (Å²) in [5.41, 5.74) is 1.15. The molecule has 5 nitrogen and oxygen atoms in total. The van der Waals surface area contributed by atoms with Crippen LogP contribution in [0.2, 0.25) is 0 Å². The maximum atomic E-state index is 10.9. The van der Waals surface area contributed by atoms with Gasteiger partial charge < -0.3 is 0 Å². The molecule has 0 fully saturated rings. The number of rotatable bonds is 2. The summed E-state index contributed by atoms with van der Waals surface area (Å²) in [6.07, 6.45) is 1.64. The summed E-state index contributed by atoms with van der Waals surface area (Å²) in [5, 5.41) is 5.62. The average Bonchev–Trinajstić information content (AvgIpc) is 2.16. The first-order chi connectivity index (χ1) is 7.06. The quantitative estimate of drug-likeness (QED) is 0.791. The van der Waals surface area contributed by atoms with Crippen LogP contribution in [0.3, 0.4) is 0 Å². The number of hydrogen-bond acceptors (Lipinski definition) is 3. The lowest BCUT2D eigenvalue weighted by Crippen LogP contribution is -2.21. The molecule has 0 bridgehead atoms. The van der Waals surface area contributed by atoms with E-state index in [1.807, 2.05) is 0 Å². The number of nitrogens with zero attached hydrogens (tertiary/aromatic N) is 1. The van der Waals surface area contributed by atoms with Crippen molar-refractivity contribution in [2.45, 2.75) is 0 Å². The minimum Gasteiger partial charge on any atom is -0.271 e. The van der Waals surface area contributed by atoms with E-state index in [0.717, 1.165) is 0 Å². The van der Waals surface area contributed by atoms with Gasteiger partial charge in [-0.15, -0.1) is 0 Å². The molecule has 0 amide bonds. The second-order valence-corrected chi connectivity index (χ2v) is 4.32. The number of fused-ring (bicyclic) bond motifs is 1. The van der Waals surface area contributed by atoms with Gasteiger partial charge in [0.1, 0.15) is 0 Å². The Morgan fingerprint density at radius 2 is 2.00 bits per heavy atom. The molecule has 2 rings (SSSR count). The van der Waals surface area contributed by atoms with Gasteiger partial charge in [-0.1, -0.05) is 6.07 Å². The summed E-state index contributed by atoms with van der Waals surface area (Å²) in [7, 11) is -3.75. The van der Waals surface area contributed by atoms with Crippen molar-refractivity contribution in [3.8, 4) is 0 Å². The van der Waals surface area contributed by atoms with Crippen molar-refractivity contribution >= 4 is 26.8 Å². The molecule has 1 heterocycles. The van der Waals surface area contributed by atoms with E-state index >= 15 is 0 Å². The second-order valence-electron chi connectivity index (χ2n) is 3.02. The molecule has 0 atom stereocenters. The van der Waals surface area contributed by atoms with E-state index in [-0.39, 0.29) is 0 Å². The molecule has 0 aliphatic rings. The largest absolute Gasteiger partial charge is 0.296 e. The van der Waals surface area contributed by atoms with Crippen molar-refractivity contribution in [2.24, 2.45) is 5.14 Å². The van der Waals surface area contributed by atoms with Gasteiger partial charge in [-0.05, 0) is 24.3 Å². The maximum absolute atomic E-state index is 10.9. The zero-order valence-corrected chi connectivity index (χ0v) is 8.53. The molecule has 15 heavy (non-hydrogen) atoms. The number of hydrogen-bond donors (Lipinski definition) is 2. The van der Waals surface area contributed by atoms with Crippen LogP contribution in [-0.2, 0) is 10.2 Å². The number of nitrogens with one attached hydrogen (secondary N) is 1. The van der Waals surface area contributed by atoms with Gasteiger partial charge in [-0.25, -0.2) is 5.14 Å². The highest BCUT2D eigenvalue weighted by molar-refractivity contribution is 7.90. The highest BCUT2D eigenvalue weighted by Gasteiger charge is 2.05. The van der Waals surface area contributed by atoms with Crippen LogP contribution in [-0.4, -0.2) is 13.4 Å². The topological polar surface area (TPSA) is 85.1 Å². The van der Waals surface area contributed by atoms with E-state index in [0.29, 0.717) is 16.6 Å². The molecule has 1 aromatic heterocycles. The average molecular weight is 223 g/mol. The lowest BCUT2D eigenvalue weighted by atomic mass is 10.2. The Bertz CT molecular complexity index is 590. The van der Waals surface area contributed by atoms with Gasteiger partial charge in [-0.3, -0.25) is 9.71 Å². The number of benzene rings is 1. The minimum atomic E-state index is -3.75. The SMILES string of the molecule is NS(=O)(=O)Nc1cccc2ncccc12. The Hall–Kier alpha value is -1.66. The Morgan fingerprint density at radius 1 is 1.20 bits per heavy atom. The van der Waals surface area contributed by atoms with Crippen LogP contribution in [0.25, 0.3) is 10.9 Å². The number of aromatic nitrogens is 1. The normalized spacial score (nSPS) is 11.5.